The Morgan fingerprint density at radius 1 is 1.00 bits per heavy atom. The summed E-state index contributed by atoms with van der Waals surface area (Å²) in [5, 5.41) is 2.34. The molecule has 0 aliphatic carbocycles. The van der Waals surface area contributed by atoms with Gasteiger partial charge in [0.05, 0.1) is 21.6 Å². The Bertz CT molecular complexity index is 1320. The van der Waals surface area contributed by atoms with Crippen LogP contribution in [0.5, 0.6) is 0 Å². The number of nitrogens with one attached hydrogen (secondary N) is 1. The maximum atomic E-state index is 12.5. The van der Waals surface area contributed by atoms with E-state index in [2.05, 4.69) is 5.10 Å². The molecule has 0 saturated carbocycles. The van der Waals surface area contributed by atoms with Gasteiger partial charge in [0.1, 0.15) is 26.0 Å². The Morgan fingerprint density at radius 3 is 2.17 bits per heavy atom. The Morgan fingerprint density at radius 2 is 1.66 bits per heavy atom. The van der Waals surface area contributed by atoms with E-state index >= 15 is 0 Å². The molecule has 0 aliphatic heterocycles. The molecule has 3 rings (SSSR count). The van der Waals surface area contributed by atoms with Gasteiger partial charge in [-0.25, -0.2) is 16.8 Å². The first-order chi connectivity index (χ1) is 12.5. The van der Waals surface area contributed by atoms with Gasteiger partial charge < -0.3 is 13.5 Å². The smallest absolute Gasteiger partial charge is 0.744 e. The van der Waals surface area contributed by atoms with Crippen LogP contribution >= 0.6 is 0 Å². The van der Waals surface area contributed by atoms with Crippen LogP contribution in [-0.4, -0.2) is 41.6 Å². The van der Waals surface area contributed by atoms with Crippen molar-refractivity contribution in [2.45, 2.75) is 9.79 Å². The summed E-state index contributed by atoms with van der Waals surface area (Å²) in [6.45, 7) is 0. The molecular weight excluding hydrogens is 450 g/mol. The molecule has 1 N–H and O–H groups in total. The second-order valence-corrected chi connectivity index (χ2v) is 7.90. The predicted molar refractivity (Wildman–Crippen MR) is 84.9 cm³/mol. The van der Waals surface area contributed by atoms with Crippen LogP contribution in [0.1, 0.15) is 10.4 Å². The van der Waals surface area contributed by atoms with Gasteiger partial charge in [0, 0.05) is 17.8 Å². The van der Waals surface area contributed by atoms with Gasteiger partial charge in [-0.2, -0.15) is 4.68 Å². The van der Waals surface area contributed by atoms with Crippen LogP contribution in [0.4, 0.5) is 0 Å². The summed E-state index contributed by atoms with van der Waals surface area (Å²) >= 11 is 0. The second kappa shape index (κ2) is 9.43. The van der Waals surface area contributed by atoms with E-state index in [9.17, 15) is 35.5 Å². The Balaban J connectivity index is 0.00000210. The maximum Gasteiger partial charge on any atom is 1.00 e. The number of benzene rings is 1. The second-order valence-electron chi connectivity index (χ2n) is 5.17. The first-order valence-electron chi connectivity index (χ1n) is 6.95. The van der Waals surface area contributed by atoms with Crippen molar-refractivity contribution in [1.29, 1.82) is 0 Å². The van der Waals surface area contributed by atoms with Gasteiger partial charge in [0.2, 0.25) is 0 Å². The van der Waals surface area contributed by atoms with E-state index in [-0.39, 0.29) is 64.7 Å². The largest absolute Gasteiger partial charge is 1.00 e. The molecule has 15 heteroatoms. The molecule has 0 radical (unpaired) electrons. The predicted octanol–water partition coefficient (Wildman–Crippen LogP) is -6.06. The molecule has 11 nitrogen and oxygen atoms in total. The number of aromatic nitrogens is 2. The molecule has 142 valence electrons. The molecule has 3 aromatic rings. The molecule has 0 saturated heterocycles. The topological polar surface area (TPSA) is 182 Å². The molecule has 2 heterocycles. The Hall–Kier alpha value is -1.000. The van der Waals surface area contributed by atoms with Crippen molar-refractivity contribution in [1.82, 2.24) is 9.78 Å². The fourth-order valence-electron chi connectivity index (χ4n) is 2.35. The normalized spacial score (nSPS) is 11.4. The van der Waals surface area contributed by atoms with Crippen molar-refractivity contribution in [3.05, 3.63) is 58.7 Å². The van der Waals surface area contributed by atoms with Gasteiger partial charge in [-0.05, 0) is 24.3 Å². The molecule has 1 aromatic carbocycles. The molecular formula is C14H8N2Na2O9S2. The van der Waals surface area contributed by atoms with E-state index in [1.807, 2.05) is 0 Å². The molecule has 0 amide bonds. The van der Waals surface area contributed by atoms with E-state index in [1.54, 1.807) is 0 Å². The van der Waals surface area contributed by atoms with Crippen LogP contribution in [0.25, 0.3) is 11.3 Å². The van der Waals surface area contributed by atoms with Crippen molar-refractivity contribution in [3.8, 4) is 11.3 Å². The minimum absolute atomic E-state index is 0. The molecule has 0 spiro atoms. The number of furan rings is 1. The van der Waals surface area contributed by atoms with E-state index < -0.39 is 52.8 Å². The number of nitrogens with zero attached hydrogens (tertiary/aromatic N) is 1. The zero-order valence-electron chi connectivity index (χ0n) is 15.0. The summed E-state index contributed by atoms with van der Waals surface area (Å²) in [5.41, 5.74) is -1.67. The summed E-state index contributed by atoms with van der Waals surface area (Å²) in [6, 6.07) is 4.02. The summed E-state index contributed by atoms with van der Waals surface area (Å²) in [4.78, 5) is 22.4. The van der Waals surface area contributed by atoms with Gasteiger partial charge in [-0.1, -0.05) is 0 Å². The van der Waals surface area contributed by atoms with Crippen molar-refractivity contribution in [3.63, 3.8) is 0 Å². The van der Waals surface area contributed by atoms with E-state index in [4.69, 9.17) is 4.42 Å². The Labute approximate surface area is 208 Å². The SMILES string of the molecule is O=C(c1ccoc1-c1cc(S(=O)(=O)[O-])ccc1S(=O)(=O)[O-])n1[nH]ccc1=O.[Na+].[Na+]. The number of carbonyl (C=O) groups excluding carboxylic acids is 1. The fourth-order valence-corrected chi connectivity index (χ4v) is 3.50. The van der Waals surface area contributed by atoms with Gasteiger partial charge in [0.25, 0.3) is 11.5 Å². The van der Waals surface area contributed by atoms with Crippen molar-refractivity contribution >= 4 is 26.1 Å². The van der Waals surface area contributed by atoms with Crippen LogP contribution in [0, 0.1) is 0 Å². The van der Waals surface area contributed by atoms with Gasteiger partial charge in [-0.3, -0.25) is 14.7 Å². The minimum atomic E-state index is -5.12. The average Bonchev–Trinajstić information content (AvgIpc) is 3.20. The van der Waals surface area contributed by atoms with Crippen LogP contribution in [0.2, 0.25) is 0 Å². The van der Waals surface area contributed by atoms with Crippen molar-refractivity contribution < 1.29 is 94.3 Å². The monoisotopic (exact) mass is 458 g/mol. The standard InChI is InChI=1S/C14H10N2O9S2.2Na/c17-12-3-5-15-16(12)14(18)9-4-6-25-13(9)10-7-8(26(19,20)21)1-2-11(10)27(22,23)24;;/h1-7,15H,(H,19,20,21)(H,22,23,24);;/q;2*+1/p-2. The quantitative estimate of drug-likeness (QED) is 0.294. The molecule has 29 heavy (non-hydrogen) atoms. The zero-order valence-corrected chi connectivity index (χ0v) is 20.6. The summed E-state index contributed by atoms with van der Waals surface area (Å²) < 4.78 is 73.9. The van der Waals surface area contributed by atoms with E-state index in [1.165, 1.54) is 6.20 Å². The minimum Gasteiger partial charge on any atom is -0.744 e. The van der Waals surface area contributed by atoms with Crippen molar-refractivity contribution in [2.75, 3.05) is 0 Å². The summed E-state index contributed by atoms with van der Waals surface area (Å²) in [6.07, 6.45) is 2.15. The van der Waals surface area contributed by atoms with E-state index in [0.29, 0.717) is 22.9 Å². The molecule has 2 aromatic heterocycles. The third kappa shape index (κ3) is 5.38. The number of carbonyl (C=O) groups is 1. The summed E-state index contributed by atoms with van der Waals surface area (Å²) in [7, 11) is -10.1. The molecule has 0 unspecified atom stereocenters. The van der Waals surface area contributed by atoms with Crippen molar-refractivity contribution in [2.24, 2.45) is 0 Å². The number of aromatic amines is 1. The average molecular weight is 458 g/mol. The van der Waals surface area contributed by atoms with Crippen LogP contribution < -0.4 is 64.7 Å². The first-order valence-corrected chi connectivity index (χ1v) is 9.76. The van der Waals surface area contributed by atoms with Crippen LogP contribution in [0.15, 0.2) is 61.8 Å². The number of rotatable bonds is 4. The van der Waals surface area contributed by atoms with Gasteiger partial charge >= 0.3 is 59.1 Å². The molecule has 0 bridgehead atoms. The van der Waals surface area contributed by atoms with E-state index in [0.717, 1.165) is 18.4 Å². The van der Waals surface area contributed by atoms with Crippen LogP contribution in [-0.2, 0) is 20.2 Å². The number of hydrogen-bond donors (Lipinski definition) is 1. The number of H-pyrrole nitrogens is 1. The molecule has 0 fully saturated rings. The number of hydrogen-bond acceptors (Lipinski definition) is 9. The van der Waals surface area contributed by atoms with Crippen LogP contribution in [0.3, 0.4) is 0 Å². The third-order valence-corrected chi connectivity index (χ3v) is 5.23. The fraction of sp³-hybridized carbons (Fsp3) is 0. The summed E-state index contributed by atoms with van der Waals surface area (Å²) in [5.74, 6) is -1.46. The molecule has 0 aliphatic rings. The third-order valence-electron chi connectivity index (χ3n) is 3.50. The molecule has 0 atom stereocenters. The zero-order chi connectivity index (χ0) is 20.0. The van der Waals surface area contributed by atoms with Gasteiger partial charge in [-0.15, -0.1) is 0 Å². The maximum absolute atomic E-state index is 12.5. The Kier molecular flexibility index (Phi) is 8.46. The van der Waals surface area contributed by atoms with Gasteiger partial charge in [0.15, 0.2) is 0 Å². The first kappa shape index (κ1) is 26.0.